The number of rotatable bonds is 12. The summed E-state index contributed by atoms with van der Waals surface area (Å²) in [7, 11) is 0. The minimum Gasteiger partial charge on any atom is -0.491 e. The Balaban J connectivity index is 1.47. The lowest BCUT2D eigenvalue weighted by Crippen LogP contribution is -2.13. The summed E-state index contributed by atoms with van der Waals surface area (Å²) in [6.07, 6.45) is 1.41. The Bertz CT molecular complexity index is 488. The molecule has 0 atom stereocenters. The predicted octanol–water partition coefficient (Wildman–Crippen LogP) is 1.24. The van der Waals surface area contributed by atoms with Crippen LogP contribution in [0.4, 0.5) is 0 Å². The molecule has 0 unspecified atom stereocenters. The average Bonchev–Trinajstić information content (AvgIpc) is 2.93. The number of aliphatic hydroxyl groups excluding tert-OH is 1. The molecule has 1 aromatic carbocycles. The van der Waals surface area contributed by atoms with Crippen molar-refractivity contribution in [2.75, 3.05) is 52.9 Å². The van der Waals surface area contributed by atoms with E-state index in [1.165, 1.54) is 0 Å². The molecule has 2 rings (SSSR count). The Hall–Kier alpha value is -1.47. The van der Waals surface area contributed by atoms with Gasteiger partial charge in [-0.2, -0.15) is 0 Å². The highest BCUT2D eigenvalue weighted by molar-refractivity contribution is 6.00. The van der Waals surface area contributed by atoms with E-state index in [2.05, 4.69) is 0 Å². The first-order chi connectivity index (χ1) is 11.3. The van der Waals surface area contributed by atoms with Crippen molar-refractivity contribution in [1.82, 2.24) is 0 Å². The van der Waals surface area contributed by atoms with Gasteiger partial charge < -0.3 is 24.1 Å². The molecule has 1 aliphatic carbocycles. The van der Waals surface area contributed by atoms with E-state index in [0.717, 1.165) is 23.3 Å². The summed E-state index contributed by atoms with van der Waals surface area (Å²) in [5.41, 5.74) is 1.90. The number of carbonyl (C=O) groups excluding carboxylic acids is 1. The summed E-state index contributed by atoms with van der Waals surface area (Å²) in [5.74, 6) is 0.996. The summed E-state index contributed by atoms with van der Waals surface area (Å²) in [5, 5.41) is 8.52. The molecule has 1 aliphatic rings. The fraction of sp³-hybridized carbons (Fsp3) is 0.588. The molecular weight excluding hydrogens is 300 g/mol. The number of hydrogen-bond donors (Lipinski definition) is 1. The minimum absolute atomic E-state index is 0.0314. The third kappa shape index (κ3) is 6.27. The third-order valence-electron chi connectivity index (χ3n) is 3.47. The van der Waals surface area contributed by atoms with E-state index in [1.54, 1.807) is 0 Å². The van der Waals surface area contributed by atoms with Gasteiger partial charge in [0.05, 0.1) is 46.2 Å². The normalized spacial score (nSPS) is 13.3. The number of hydrogen-bond acceptors (Lipinski definition) is 6. The maximum Gasteiger partial charge on any atom is 0.163 e. The maximum absolute atomic E-state index is 11.5. The van der Waals surface area contributed by atoms with Gasteiger partial charge in [0.25, 0.3) is 0 Å². The first-order valence-corrected chi connectivity index (χ1v) is 7.94. The van der Waals surface area contributed by atoms with Gasteiger partial charge in [0.15, 0.2) is 5.78 Å². The van der Waals surface area contributed by atoms with E-state index in [9.17, 15) is 4.79 Å². The number of Topliss-reactive ketones (excluding diaryl/α,β-unsaturated/α-hetero) is 1. The van der Waals surface area contributed by atoms with Crippen LogP contribution in [0.25, 0.3) is 0 Å². The lowest BCUT2D eigenvalue weighted by molar-refractivity contribution is 0.00361. The van der Waals surface area contributed by atoms with Gasteiger partial charge in [-0.3, -0.25) is 4.79 Å². The summed E-state index contributed by atoms with van der Waals surface area (Å²) in [6.45, 7) is 3.30. The molecule has 6 heteroatoms. The molecule has 0 heterocycles. The van der Waals surface area contributed by atoms with Crippen molar-refractivity contribution < 1.29 is 28.8 Å². The topological polar surface area (TPSA) is 74.2 Å². The van der Waals surface area contributed by atoms with Gasteiger partial charge in [0.2, 0.25) is 0 Å². The zero-order valence-corrected chi connectivity index (χ0v) is 13.3. The Kier molecular flexibility index (Phi) is 8.03. The van der Waals surface area contributed by atoms with E-state index in [4.69, 9.17) is 24.1 Å². The summed E-state index contributed by atoms with van der Waals surface area (Å²) >= 11 is 0. The first-order valence-electron chi connectivity index (χ1n) is 7.94. The van der Waals surface area contributed by atoms with E-state index >= 15 is 0 Å². The summed E-state index contributed by atoms with van der Waals surface area (Å²) < 4.78 is 21.4. The molecule has 0 radical (unpaired) electrons. The Labute approximate surface area is 136 Å². The zero-order valence-electron chi connectivity index (χ0n) is 13.3. The molecule has 0 saturated carbocycles. The molecule has 0 aromatic heterocycles. The lowest BCUT2D eigenvalue weighted by Gasteiger charge is -2.09. The van der Waals surface area contributed by atoms with Gasteiger partial charge in [0.1, 0.15) is 12.4 Å². The highest BCUT2D eigenvalue weighted by Gasteiger charge is 2.19. The highest BCUT2D eigenvalue weighted by atomic mass is 16.6. The fourth-order valence-corrected chi connectivity index (χ4v) is 2.35. The molecule has 0 saturated heterocycles. The van der Waals surface area contributed by atoms with Crippen molar-refractivity contribution >= 4 is 5.78 Å². The maximum atomic E-state index is 11.5. The monoisotopic (exact) mass is 324 g/mol. The third-order valence-corrected chi connectivity index (χ3v) is 3.47. The molecule has 128 valence electrons. The van der Waals surface area contributed by atoms with Gasteiger partial charge in [-0.1, -0.05) is 0 Å². The zero-order chi connectivity index (χ0) is 16.3. The number of carbonyl (C=O) groups is 1. The number of ketones is 1. The van der Waals surface area contributed by atoms with E-state index < -0.39 is 0 Å². The minimum atomic E-state index is 0.0314. The Morgan fingerprint density at radius 3 is 2.22 bits per heavy atom. The van der Waals surface area contributed by atoms with Crippen LogP contribution in [0.15, 0.2) is 18.2 Å². The van der Waals surface area contributed by atoms with E-state index in [0.29, 0.717) is 52.7 Å². The van der Waals surface area contributed by atoms with Gasteiger partial charge in [0, 0.05) is 12.0 Å². The van der Waals surface area contributed by atoms with Crippen LogP contribution in [0.5, 0.6) is 5.75 Å². The van der Waals surface area contributed by atoms with Crippen LogP contribution in [-0.2, 0) is 20.6 Å². The summed E-state index contributed by atoms with van der Waals surface area (Å²) in [4.78, 5) is 11.5. The largest absolute Gasteiger partial charge is 0.491 e. The smallest absolute Gasteiger partial charge is 0.163 e. The average molecular weight is 324 g/mol. The second kappa shape index (κ2) is 10.3. The van der Waals surface area contributed by atoms with Crippen LogP contribution in [0.3, 0.4) is 0 Å². The molecule has 0 fully saturated rings. The lowest BCUT2D eigenvalue weighted by atomic mass is 10.1. The second-order valence-corrected chi connectivity index (χ2v) is 5.15. The van der Waals surface area contributed by atoms with Gasteiger partial charge in [-0.15, -0.1) is 0 Å². The van der Waals surface area contributed by atoms with Crippen LogP contribution in [0.2, 0.25) is 0 Å². The van der Waals surface area contributed by atoms with Gasteiger partial charge in [-0.05, 0) is 30.2 Å². The number of benzene rings is 1. The molecule has 0 bridgehead atoms. The molecule has 0 spiro atoms. The predicted molar refractivity (Wildman–Crippen MR) is 84.1 cm³/mol. The van der Waals surface area contributed by atoms with Crippen LogP contribution < -0.4 is 4.74 Å². The van der Waals surface area contributed by atoms with Crippen molar-refractivity contribution in [3.8, 4) is 5.75 Å². The molecule has 0 amide bonds. The van der Waals surface area contributed by atoms with Crippen molar-refractivity contribution in [2.24, 2.45) is 0 Å². The SMILES string of the molecule is O=C1CCc2cc(OCCOCCOCCOCCO)ccc21. The number of aryl methyl sites for hydroxylation is 1. The van der Waals surface area contributed by atoms with E-state index in [-0.39, 0.29) is 12.4 Å². The Morgan fingerprint density at radius 1 is 0.870 bits per heavy atom. The second-order valence-electron chi connectivity index (χ2n) is 5.15. The van der Waals surface area contributed by atoms with Crippen LogP contribution in [0, 0.1) is 0 Å². The highest BCUT2D eigenvalue weighted by Crippen LogP contribution is 2.25. The molecule has 1 N–H and O–H groups in total. The molecule has 6 nitrogen and oxygen atoms in total. The van der Waals surface area contributed by atoms with Crippen molar-refractivity contribution in [3.05, 3.63) is 29.3 Å². The van der Waals surface area contributed by atoms with Crippen LogP contribution in [-0.4, -0.2) is 63.7 Å². The van der Waals surface area contributed by atoms with Crippen molar-refractivity contribution in [1.29, 1.82) is 0 Å². The van der Waals surface area contributed by atoms with E-state index in [1.807, 2.05) is 18.2 Å². The number of ether oxygens (including phenoxy) is 4. The number of fused-ring (bicyclic) bond motifs is 1. The quantitative estimate of drug-likeness (QED) is 0.583. The number of aliphatic hydroxyl groups is 1. The fourth-order valence-electron chi connectivity index (χ4n) is 2.35. The standard InChI is InChI=1S/C17H24O6/c18-5-6-20-7-8-21-9-10-22-11-12-23-15-2-3-16-14(13-15)1-4-17(16)19/h2-3,13,18H,1,4-12H2. The van der Waals surface area contributed by atoms with Crippen LogP contribution >= 0.6 is 0 Å². The van der Waals surface area contributed by atoms with Gasteiger partial charge in [-0.25, -0.2) is 0 Å². The Morgan fingerprint density at radius 2 is 1.52 bits per heavy atom. The molecule has 0 aliphatic heterocycles. The molecular formula is C17H24O6. The van der Waals surface area contributed by atoms with Gasteiger partial charge >= 0.3 is 0 Å². The van der Waals surface area contributed by atoms with Crippen molar-refractivity contribution in [2.45, 2.75) is 12.8 Å². The van der Waals surface area contributed by atoms with Crippen molar-refractivity contribution in [3.63, 3.8) is 0 Å². The molecule has 1 aromatic rings. The molecule has 23 heavy (non-hydrogen) atoms. The first kappa shape index (κ1) is 17.9. The summed E-state index contributed by atoms with van der Waals surface area (Å²) in [6, 6.07) is 5.61. The van der Waals surface area contributed by atoms with Crippen LogP contribution in [0.1, 0.15) is 22.3 Å².